The van der Waals surface area contributed by atoms with E-state index in [9.17, 15) is 17.2 Å². The molecule has 84 valence electrons. The smallest absolute Gasteiger partial charge is 0.279 e. The van der Waals surface area contributed by atoms with Gasteiger partial charge in [-0.1, -0.05) is 0 Å². The average molecular weight is 370 g/mol. The summed E-state index contributed by atoms with van der Waals surface area (Å²) in [6.45, 7) is 0. The number of pyridine rings is 1. The highest BCUT2D eigenvalue weighted by Gasteiger charge is 2.25. The largest absolute Gasteiger partial charge is 0.505 e. The van der Waals surface area contributed by atoms with Crippen LogP contribution >= 0.6 is 33.3 Å². The Hall–Kier alpha value is -0.220. The van der Waals surface area contributed by atoms with Crippen molar-refractivity contribution in [3.05, 3.63) is 15.3 Å². The maximum Gasteiger partial charge on any atom is 0.279 e. The van der Waals surface area contributed by atoms with Crippen LogP contribution in [0.4, 0.5) is 8.78 Å². The van der Waals surface area contributed by atoms with Crippen molar-refractivity contribution in [2.24, 2.45) is 0 Å². The summed E-state index contributed by atoms with van der Waals surface area (Å²) < 4.78 is 46.5. The molecule has 1 aromatic rings. The molecule has 1 heterocycles. The molecule has 4 nitrogen and oxygen atoms in total. The highest BCUT2D eigenvalue weighted by molar-refractivity contribution is 14.1. The summed E-state index contributed by atoms with van der Waals surface area (Å²) in [6.07, 6.45) is -3.08. The van der Waals surface area contributed by atoms with Gasteiger partial charge >= 0.3 is 0 Å². The zero-order chi connectivity index (χ0) is 11.8. The van der Waals surface area contributed by atoms with Crippen molar-refractivity contribution in [2.45, 2.75) is 11.5 Å². The van der Waals surface area contributed by atoms with Gasteiger partial charge in [0.05, 0.1) is 5.56 Å². The van der Waals surface area contributed by atoms with Crippen molar-refractivity contribution in [1.82, 2.24) is 4.98 Å². The fourth-order valence-corrected chi connectivity index (χ4v) is 2.39. The second-order valence-electron chi connectivity index (χ2n) is 2.43. The SMILES string of the molecule is O=S(=O)(Cl)c1nc(I)c(O)cc1C(F)F. The van der Waals surface area contributed by atoms with E-state index in [1.54, 1.807) is 0 Å². The fraction of sp³-hybridized carbons (Fsp3) is 0.167. The third kappa shape index (κ3) is 2.88. The lowest BCUT2D eigenvalue weighted by atomic mass is 10.3. The van der Waals surface area contributed by atoms with Crippen molar-refractivity contribution in [3.8, 4) is 5.75 Å². The van der Waals surface area contributed by atoms with Gasteiger partial charge in [-0.2, -0.15) is 0 Å². The highest BCUT2D eigenvalue weighted by Crippen LogP contribution is 2.31. The third-order valence-corrected chi connectivity index (χ3v) is 3.44. The third-order valence-electron chi connectivity index (χ3n) is 1.42. The lowest BCUT2D eigenvalue weighted by molar-refractivity contribution is 0.146. The maximum absolute atomic E-state index is 12.4. The van der Waals surface area contributed by atoms with Crippen LogP contribution in [0.25, 0.3) is 0 Å². The van der Waals surface area contributed by atoms with Crippen LogP contribution in [0.2, 0.25) is 0 Å². The summed E-state index contributed by atoms with van der Waals surface area (Å²) in [6, 6.07) is 0.634. The number of nitrogens with zero attached hydrogens (tertiary/aromatic N) is 1. The molecule has 1 rings (SSSR count). The van der Waals surface area contributed by atoms with Gasteiger partial charge < -0.3 is 5.11 Å². The number of alkyl halides is 2. The maximum atomic E-state index is 12.4. The molecule has 0 radical (unpaired) electrons. The van der Waals surface area contributed by atoms with Crippen LogP contribution < -0.4 is 0 Å². The van der Waals surface area contributed by atoms with Gasteiger partial charge in [-0.15, -0.1) is 0 Å². The molecular formula is C6H3ClF2INO3S. The quantitative estimate of drug-likeness (QED) is 0.493. The van der Waals surface area contributed by atoms with E-state index >= 15 is 0 Å². The second kappa shape index (κ2) is 4.34. The number of aromatic hydroxyl groups is 1. The lowest BCUT2D eigenvalue weighted by Gasteiger charge is -2.06. The van der Waals surface area contributed by atoms with Gasteiger partial charge in [0.25, 0.3) is 15.5 Å². The fourth-order valence-electron chi connectivity index (χ4n) is 0.831. The van der Waals surface area contributed by atoms with E-state index in [-0.39, 0.29) is 3.70 Å². The standard InChI is InChI=1S/C6H3ClF2INO3S/c7-15(13,14)6-2(4(8)9)1-3(12)5(10)11-6/h1,4,12H. The molecule has 0 unspecified atom stereocenters. The van der Waals surface area contributed by atoms with E-state index < -0.39 is 31.8 Å². The Balaban J connectivity index is 3.56. The van der Waals surface area contributed by atoms with E-state index in [1.807, 2.05) is 0 Å². The van der Waals surface area contributed by atoms with Crippen LogP contribution in [-0.2, 0) is 9.05 Å². The summed E-state index contributed by atoms with van der Waals surface area (Å²) in [5.74, 6) is -0.519. The molecule has 1 aromatic heterocycles. The predicted molar refractivity (Wildman–Crippen MR) is 56.6 cm³/mol. The molecule has 0 saturated heterocycles. The molecule has 0 aliphatic heterocycles. The molecule has 0 aliphatic rings. The Labute approximate surface area is 102 Å². The van der Waals surface area contributed by atoms with Crippen molar-refractivity contribution in [1.29, 1.82) is 0 Å². The van der Waals surface area contributed by atoms with Gasteiger partial charge in [-0.3, -0.25) is 0 Å². The zero-order valence-corrected chi connectivity index (χ0v) is 10.5. The van der Waals surface area contributed by atoms with E-state index in [4.69, 9.17) is 15.8 Å². The summed E-state index contributed by atoms with van der Waals surface area (Å²) in [7, 11) is 0.571. The second-order valence-corrected chi connectivity index (χ2v) is 5.93. The monoisotopic (exact) mass is 369 g/mol. The number of aromatic nitrogens is 1. The molecule has 0 atom stereocenters. The summed E-state index contributed by atoms with van der Waals surface area (Å²) in [4.78, 5) is 3.30. The zero-order valence-electron chi connectivity index (χ0n) is 6.79. The Morgan fingerprint density at radius 1 is 1.53 bits per heavy atom. The molecule has 9 heteroatoms. The summed E-state index contributed by atoms with van der Waals surface area (Å²) in [5, 5.41) is 8.17. The molecule has 0 fully saturated rings. The Morgan fingerprint density at radius 3 is 2.47 bits per heavy atom. The first-order valence-electron chi connectivity index (χ1n) is 3.35. The van der Waals surface area contributed by atoms with Gasteiger partial charge in [0, 0.05) is 10.7 Å². The molecule has 0 aliphatic carbocycles. The van der Waals surface area contributed by atoms with Crippen LogP contribution in [-0.4, -0.2) is 18.5 Å². The molecule has 0 bridgehead atoms. The van der Waals surface area contributed by atoms with Gasteiger partial charge in [-0.05, 0) is 28.7 Å². The topological polar surface area (TPSA) is 67.3 Å². The molecule has 0 saturated carbocycles. The number of hydrogen-bond acceptors (Lipinski definition) is 4. The van der Waals surface area contributed by atoms with Gasteiger partial charge in [0.15, 0.2) is 5.03 Å². The van der Waals surface area contributed by atoms with Crippen LogP contribution in [0.3, 0.4) is 0 Å². The Kier molecular flexibility index (Phi) is 3.71. The molecule has 15 heavy (non-hydrogen) atoms. The van der Waals surface area contributed by atoms with Gasteiger partial charge in [-0.25, -0.2) is 22.2 Å². The summed E-state index contributed by atoms with van der Waals surface area (Å²) >= 11 is 1.50. The van der Waals surface area contributed by atoms with Crippen molar-refractivity contribution in [2.75, 3.05) is 0 Å². The van der Waals surface area contributed by atoms with E-state index in [0.717, 1.165) is 0 Å². The minimum absolute atomic E-state index is 0.115. The van der Waals surface area contributed by atoms with Crippen LogP contribution in [0.15, 0.2) is 11.1 Å². The Bertz CT molecular complexity index is 493. The lowest BCUT2D eigenvalue weighted by Crippen LogP contribution is -2.03. The normalized spacial score (nSPS) is 12.1. The molecule has 0 amide bonds. The minimum atomic E-state index is -4.35. The number of rotatable bonds is 2. The summed E-state index contributed by atoms with van der Waals surface area (Å²) in [5.41, 5.74) is -0.914. The van der Waals surface area contributed by atoms with Crippen LogP contribution in [0.1, 0.15) is 12.0 Å². The number of halogens is 4. The van der Waals surface area contributed by atoms with Crippen LogP contribution in [0.5, 0.6) is 5.75 Å². The molecular weight excluding hydrogens is 366 g/mol. The van der Waals surface area contributed by atoms with Crippen molar-refractivity contribution in [3.63, 3.8) is 0 Å². The van der Waals surface area contributed by atoms with E-state index in [0.29, 0.717) is 6.07 Å². The van der Waals surface area contributed by atoms with Gasteiger partial charge in [0.1, 0.15) is 9.45 Å². The predicted octanol–water partition coefficient (Wildman–Crippen LogP) is 2.26. The first-order valence-corrected chi connectivity index (χ1v) is 6.74. The highest BCUT2D eigenvalue weighted by atomic mass is 127. The Morgan fingerprint density at radius 2 is 2.07 bits per heavy atom. The molecule has 0 spiro atoms. The van der Waals surface area contributed by atoms with E-state index in [1.165, 1.54) is 22.6 Å². The van der Waals surface area contributed by atoms with Crippen molar-refractivity contribution >= 4 is 42.3 Å². The minimum Gasteiger partial charge on any atom is -0.505 e. The van der Waals surface area contributed by atoms with Gasteiger partial charge in [0.2, 0.25) is 0 Å². The van der Waals surface area contributed by atoms with E-state index in [2.05, 4.69) is 4.98 Å². The first kappa shape index (κ1) is 12.8. The molecule has 0 aromatic carbocycles. The number of hydrogen-bond donors (Lipinski definition) is 1. The molecule has 1 N–H and O–H groups in total. The van der Waals surface area contributed by atoms with Crippen molar-refractivity contribution < 1.29 is 22.3 Å². The first-order chi connectivity index (χ1) is 6.73. The average Bonchev–Trinajstić information content (AvgIpc) is 2.06. The van der Waals surface area contributed by atoms with Crippen LogP contribution in [0, 0.1) is 3.70 Å².